The zero-order valence-electron chi connectivity index (χ0n) is 8.85. The lowest BCUT2D eigenvalue weighted by molar-refractivity contribution is 0.514. The van der Waals surface area contributed by atoms with Gasteiger partial charge in [0.25, 0.3) is 0 Å². The van der Waals surface area contributed by atoms with Crippen molar-refractivity contribution in [2.45, 2.75) is 33.1 Å². The fraction of sp³-hybridized carbons (Fsp3) is 0.500. The molecule has 0 aliphatic carbocycles. The van der Waals surface area contributed by atoms with Crippen LogP contribution in [0, 0.1) is 17.6 Å². The minimum Gasteiger partial charge on any atom is -0.207 e. The molecule has 2 heteroatoms. The van der Waals surface area contributed by atoms with E-state index in [1.807, 2.05) is 6.92 Å². The van der Waals surface area contributed by atoms with Gasteiger partial charge in [-0.25, -0.2) is 8.78 Å². The molecular formula is C12H16F2. The lowest BCUT2D eigenvalue weighted by atomic mass is 9.92. The maximum atomic E-state index is 12.9. The number of halogens is 2. The maximum absolute atomic E-state index is 12.9. The van der Waals surface area contributed by atoms with Gasteiger partial charge in [0.05, 0.1) is 0 Å². The first-order chi connectivity index (χ1) is 6.49. The third-order valence-corrected chi connectivity index (χ3v) is 2.28. The number of benzene rings is 1. The highest BCUT2D eigenvalue weighted by atomic mass is 19.1. The van der Waals surface area contributed by atoms with Crippen molar-refractivity contribution >= 4 is 0 Å². The Morgan fingerprint density at radius 1 is 1.00 bits per heavy atom. The van der Waals surface area contributed by atoms with Crippen molar-refractivity contribution in [3.05, 3.63) is 35.4 Å². The predicted octanol–water partition coefficient (Wildman–Crippen LogP) is 4.11. The average molecular weight is 198 g/mol. The van der Waals surface area contributed by atoms with Gasteiger partial charge in [0.1, 0.15) is 11.6 Å². The molecule has 0 radical (unpaired) electrons. The summed E-state index contributed by atoms with van der Waals surface area (Å²) in [4.78, 5) is 0. The highest BCUT2D eigenvalue weighted by molar-refractivity contribution is 5.21. The Kier molecular flexibility index (Phi) is 3.62. The molecule has 0 bridgehead atoms. The summed E-state index contributed by atoms with van der Waals surface area (Å²) < 4.78 is 25.8. The Balaban J connectivity index is 2.84. The summed E-state index contributed by atoms with van der Waals surface area (Å²) in [7, 11) is 0. The molecule has 0 nitrogen and oxygen atoms in total. The van der Waals surface area contributed by atoms with E-state index < -0.39 is 11.6 Å². The van der Waals surface area contributed by atoms with Crippen LogP contribution in [-0.2, 0) is 0 Å². The maximum Gasteiger partial charge on any atom is 0.126 e. The molecule has 0 amide bonds. The predicted molar refractivity (Wildman–Crippen MR) is 54.2 cm³/mol. The molecular weight excluding hydrogens is 182 g/mol. The molecule has 1 rings (SSSR count). The summed E-state index contributed by atoms with van der Waals surface area (Å²) in [6.07, 6.45) is 0.947. The molecule has 0 N–H and O–H groups in total. The molecule has 0 heterocycles. The van der Waals surface area contributed by atoms with Crippen molar-refractivity contribution in [2.75, 3.05) is 0 Å². The van der Waals surface area contributed by atoms with Crippen molar-refractivity contribution in [3.8, 4) is 0 Å². The van der Waals surface area contributed by atoms with E-state index in [4.69, 9.17) is 0 Å². The van der Waals surface area contributed by atoms with E-state index in [-0.39, 0.29) is 5.92 Å². The Labute approximate surface area is 84.0 Å². The van der Waals surface area contributed by atoms with E-state index >= 15 is 0 Å². The Hall–Kier alpha value is -0.920. The molecule has 1 unspecified atom stereocenters. The minimum atomic E-state index is -0.490. The molecule has 0 saturated heterocycles. The van der Waals surface area contributed by atoms with Gasteiger partial charge in [-0.05, 0) is 36.0 Å². The van der Waals surface area contributed by atoms with Crippen LogP contribution in [0.25, 0.3) is 0 Å². The quantitative estimate of drug-likeness (QED) is 0.685. The molecule has 1 aromatic rings. The molecule has 1 atom stereocenters. The lowest BCUT2D eigenvalue weighted by Gasteiger charge is -2.14. The van der Waals surface area contributed by atoms with Crippen LogP contribution in [-0.4, -0.2) is 0 Å². The Morgan fingerprint density at radius 3 is 1.93 bits per heavy atom. The molecule has 0 spiro atoms. The van der Waals surface area contributed by atoms with Gasteiger partial charge in [0.15, 0.2) is 0 Å². The molecule has 14 heavy (non-hydrogen) atoms. The number of rotatable bonds is 3. The second-order valence-electron chi connectivity index (χ2n) is 4.23. The Bertz CT molecular complexity index is 285. The number of hydrogen-bond donors (Lipinski definition) is 0. The van der Waals surface area contributed by atoms with Crippen LogP contribution >= 0.6 is 0 Å². The average Bonchev–Trinajstić information content (AvgIpc) is 2.00. The van der Waals surface area contributed by atoms with Crippen molar-refractivity contribution in [1.82, 2.24) is 0 Å². The first-order valence-corrected chi connectivity index (χ1v) is 4.95. The zero-order chi connectivity index (χ0) is 10.7. The van der Waals surface area contributed by atoms with E-state index in [1.54, 1.807) is 0 Å². The molecule has 78 valence electrons. The van der Waals surface area contributed by atoms with Gasteiger partial charge in [0, 0.05) is 6.07 Å². The van der Waals surface area contributed by atoms with Gasteiger partial charge in [-0.1, -0.05) is 20.8 Å². The van der Waals surface area contributed by atoms with Gasteiger partial charge < -0.3 is 0 Å². The number of hydrogen-bond acceptors (Lipinski definition) is 0. The summed E-state index contributed by atoms with van der Waals surface area (Å²) in [5.74, 6) is -0.234. The minimum absolute atomic E-state index is 0.209. The molecule has 0 saturated carbocycles. The smallest absolute Gasteiger partial charge is 0.126 e. The first-order valence-electron chi connectivity index (χ1n) is 4.95. The van der Waals surface area contributed by atoms with Crippen molar-refractivity contribution in [2.24, 2.45) is 5.92 Å². The summed E-state index contributed by atoms with van der Waals surface area (Å²) in [6, 6.07) is 3.73. The second-order valence-corrected chi connectivity index (χ2v) is 4.23. The lowest BCUT2D eigenvalue weighted by Crippen LogP contribution is -2.00. The van der Waals surface area contributed by atoms with Gasteiger partial charge in [0.2, 0.25) is 0 Å². The van der Waals surface area contributed by atoms with Crippen molar-refractivity contribution < 1.29 is 8.78 Å². The largest absolute Gasteiger partial charge is 0.207 e. The molecule has 0 aliphatic rings. The van der Waals surface area contributed by atoms with Gasteiger partial charge in [-0.15, -0.1) is 0 Å². The van der Waals surface area contributed by atoms with Crippen molar-refractivity contribution in [1.29, 1.82) is 0 Å². The van der Waals surface area contributed by atoms with Crippen LogP contribution < -0.4 is 0 Å². The third kappa shape index (κ3) is 3.09. The van der Waals surface area contributed by atoms with Crippen LogP contribution in [0.3, 0.4) is 0 Å². The van der Waals surface area contributed by atoms with Crippen LogP contribution in [0.1, 0.15) is 38.7 Å². The third-order valence-electron chi connectivity index (χ3n) is 2.28. The van der Waals surface area contributed by atoms with E-state index in [0.29, 0.717) is 5.92 Å². The monoisotopic (exact) mass is 198 g/mol. The van der Waals surface area contributed by atoms with E-state index in [9.17, 15) is 8.78 Å². The SMILES string of the molecule is CC(C)CC(C)c1cc(F)cc(F)c1. The zero-order valence-corrected chi connectivity index (χ0v) is 8.85. The molecule has 0 aromatic heterocycles. The standard InChI is InChI=1S/C12H16F2/c1-8(2)4-9(3)10-5-11(13)7-12(14)6-10/h5-9H,4H2,1-3H3. The highest BCUT2D eigenvalue weighted by Crippen LogP contribution is 2.24. The van der Waals surface area contributed by atoms with Crippen LogP contribution in [0.2, 0.25) is 0 Å². The van der Waals surface area contributed by atoms with E-state index in [1.165, 1.54) is 12.1 Å². The van der Waals surface area contributed by atoms with E-state index in [2.05, 4.69) is 13.8 Å². The van der Waals surface area contributed by atoms with Gasteiger partial charge >= 0.3 is 0 Å². The summed E-state index contributed by atoms with van der Waals surface area (Å²) in [5, 5.41) is 0. The molecule has 0 fully saturated rings. The summed E-state index contributed by atoms with van der Waals surface area (Å²) in [6.45, 7) is 6.20. The molecule has 0 aliphatic heterocycles. The van der Waals surface area contributed by atoms with Crippen molar-refractivity contribution in [3.63, 3.8) is 0 Å². The highest BCUT2D eigenvalue weighted by Gasteiger charge is 2.10. The molecule has 1 aromatic carbocycles. The summed E-state index contributed by atoms with van der Waals surface area (Å²) in [5.41, 5.74) is 0.746. The van der Waals surface area contributed by atoms with Crippen LogP contribution in [0.5, 0.6) is 0 Å². The normalized spacial score (nSPS) is 13.3. The second kappa shape index (κ2) is 4.54. The first kappa shape index (κ1) is 11.2. The fourth-order valence-electron chi connectivity index (χ4n) is 1.70. The van der Waals surface area contributed by atoms with E-state index in [0.717, 1.165) is 18.1 Å². The van der Waals surface area contributed by atoms with Gasteiger partial charge in [-0.3, -0.25) is 0 Å². The fourth-order valence-corrected chi connectivity index (χ4v) is 1.70. The van der Waals surface area contributed by atoms with Gasteiger partial charge in [-0.2, -0.15) is 0 Å². The van der Waals surface area contributed by atoms with Crippen LogP contribution in [0.4, 0.5) is 8.78 Å². The van der Waals surface area contributed by atoms with Crippen LogP contribution in [0.15, 0.2) is 18.2 Å². The summed E-state index contributed by atoms with van der Waals surface area (Å²) >= 11 is 0. The Morgan fingerprint density at radius 2 is 1.50 bits per heavy atom. The topological polar surface area (TPSA) is 0 Å².